The highest BCUT2D eigenvalue weighted by molar-refractivity contribution is 6.26. The zero-order valence-electron chi connectivity index (χ0n) is 36.5. The molecule has 4 nitrogen and oxygen atoms in total. The van der Waals surface area contributed by atoms with Gasteiger partial charge in [0, 0.05) is 23.8 Å². The molecule has 2 atom stereocenters. The first-order valence-corrected chi connectivity index (χ1v) is 22.9. The number of hydrogen-bond donors (Lipinski definition) is 4. The summed E-state index contributed by atoms with van der Waals surface area (Å²) in [6.45, 7) is 1.01. The normalized spacial score (nSPS) is 12.7. The Morgan fingerprint density at radius 2 is 0.727 bits per heavy atom. The average Bonchev–Trinajstić information content (AvgIpc) is 3.38. The van der Waals surface area contributed by atoms with Crippen LogP contribution in [0, 0.1) is 0 Å². The third-order valence-electron chi connectivity index (χ3n) is 13.8. The molecule has 12 aromatic carbocycles. The second-order valence-corrected chi connectivity index (χ2v) is 17.6. The first kappa shape index (κ1) is 39.6. The molecule has 0 heterocycles. The van der Waals surface area contributed by atoms with Crippen LogP contribution < -0.4 is 22.1 Å². The molecule has 0 saturated heterocycles. The van der Waals surface area contributed by atoms with Crippen molar-refractivity contribution in [1.82, 2.24) is 0 Å². The van der Waals surface area contributed by atoms with Gasteiger partial charge in [-0.3, -0.25) is 0 Å². The molecule has 6 N–H and O–H groups in total. The maximum Gasteiger partial charge on any atom is 0.0628 e. The minimum atomic E-state index is -0.308. The van der Waals surface area contributed by atoms with Gasteiger partial charge in [-0.1, -0.05) is 188 Å². The van der Waals surface area contributed by atoms with Gasteiger partial charge in [0.25, 0.3) is 0 Å². The summed E-state index contributed by atoms with van der Waals surface area (Å²) in [5.74, 6) is -0.0398. The van der Waals surface area contributed by atoms with E-state index in [9.17, 15) is 0 Å². The molecular weight excluding hydrogens is 801 g/mol. The summed E-state index contributed by atoms with van der Waals surface area (Å²) in [5.41, 5.74) is 22.4. The van der Waals surface area contributed by atoms with Crippen molar-refractivity contribution in [2.45, 2.75) is 18.5 Å². The first-order valence-electron chi connectivity index (χ1n) is 22.9. The van der Waals surface area contributed by atoms with Gasteiger partial charge in [-0.05, 0) is 139 Å². The molecule has 0 aliphatic carbocycles. The standard InChI is InChI=1S/C62H48N4/c63-38-66-59-23-11-9-21-55(59)61(43-29-31-53-49-17-3-1-13-45(49)47-15-5-7-19-51(47)57(53)35-43)42-28-27-40-33-39(25-26-41(40)34-42)37-65-60-24-12-10-22-56(60)62(64)44-30-32-54-50-18-4-2-14-46(50)48-16-6-8-20-52(48)58(54)36-44/h1-36,61-62,65-66H,37-38,63-64H2. The minimum absolute atomic E-state index is 0.0398. The van der Waals surface area contributed by atoms with Gasteiger partial charge >= 0.3 is 0 Å². The average molecular weight is 849 g/mol. The minimum Gasteiger partial charge on any atom is -0.381 e. The topological polar surface area (TPSA) is 76.1 Å². The molecule has 0 aliphatic rings. The van der Waals surface area contributed by atoms with Gasteiger partial charge in [-0.25, -0.2) is 0 Å². The van der Waals surface area contributed by atoms with Gasteiger partial charge < -0.3 is 22.1 Å². The van der Waals surface area contributed by atoms with Crippen LogP contribution in [-0.4, -0.2) is 6.67 Å². The third kappa shape index (κ3) is 6.78. The van der Waals surface area contributed by atoms with E-state index in [1.54, 1.807) is 0 Å². The van der Waals surface area contributed by atoms with Gasteiger partial charge in [-0.2, -0.15) is 0 Å². The Morgan fingerprint density at radius 1 is 0.333 bits per heavy atom. The van der Waals surface area contributed by atoms with Crippen LogP contribution in [-0.2, 0) is 6.54 Å². The first-order chi connectivity index (χ1) is 32.6. The summed E-state index contributed by atoms with van der Waals surface area (Å²) < 4.78 is 0. The molecule has 0 aliphatic heterocycles. The van der Waals surface area contributed by atoms with Gasteiger partial charge in [-0.15, -0.1) is 0 Å². The highest BCUT2D eigenvalue weighted by Gasteiger charge is 2.22. The summed E-state index contributed by atoms with van der Waals surface area (Å²) in [6, 6.07) is 79.2. The predicted molar refractivity (Wildman–Crippen MR) is 282 cm³/mol. The van der Waals surface area contributed by atoms with Crippen molar-refractivity contribution in [1.29, 1.82) is 0 Å². The number of fused-ring (bicyclic) bond motifs is 13. The molecule has 0 bridgehead atoms. The van der Waals surface area contributed by atoms with Crippen molar-refractivity contribution in [3.8, 4) is 0 Å². The predicted octanol–water partition coefficient (Wildman–Crippen LogP) is 14.9. The smallest absolute Gasteiger partial charge is 0.0628 e. The molecule has 0 fully saturated rings. The van der Waals surface area contributed by atoms with Crippen molar-refractivity contribution >= 4 is 86.8 Å². The Balaban J connectivity index is 0.872. The second-order valence-electron chi connectivity index (χ2n) is 17.6. The Morgan fingerprint density at radius 3 is 1.29 bits per heavy atom. The molecule has 12 rings (SSSR count). The summed E-state index contributed by atoms with van der Waals surface area (Å²) in [4.78, 5) is 0. The summed E-state index contributed by atoms with van der Waals surface area (Å²) in [7, 11) is 0. The molecule has 316 valence electrons. The largest absolute Gasteiger partial charge is 0.381 e. The Kier molecular flexibility index (Phi) is 9.90. The van der Waals surface area contributed by atoms with Crippen molar-refractivity contribution < 1.29 is 0 Å². The van der Waals surface area contributed by atoms with Gasteiger partial charge in [0.2, 0.25) is 0 Å². The second kappa shape index (κ2) is 16.5. The molecule has 2 unspecified atom stereocenters. The van der Waals surface area contributed by atoms with E-state index in [0.29, 0.717) is 13.2 Å². The fourth-order valence-corrected chi connectivity index (χ4v) is 10.7. The maximum absolute atomic E-state index is 7.18. The van der Waals surface area contributed by atoms with Crippen LogP contribution in [0.25, 0.3) is 75.4 Å². The Bertz CT molecular complexity index is 3760. The molecule has 4 heteroatoms. The Hall–Kier alpha value is -8.02. The number of benzene rings is 12. The van der Waals surface area contributed by atoms with Crippen LogP contribution in [0.15, 0.2) is 218 Å². The van der Waals surface area contributed by atoms with Crippen molar-refractivity contribution in [3.63, 3.8) is 0 Å². The van der Waals surface area contributed by atoms with Crippen LogP contribution in [0.2, 0.25) is 0 Å². The SMILES string of the molecule is NCNc1ccccc1C(c1ccc2cc(CNc3ccccc3C(N)c3ccc4c5ccccc5c5ccccc5c4c3)ccc2c1)c1ccc2c3ccccc3c3ccccc3c2c1. The number of nitrogens with two attached hydrogens (primary N) is 2. The maximum atomic E-state index is 7.18. The number of anilines is 2. The van der Waals surface area contributed by atoms with E-state index in [4.69, 9.17) is 11.5 Å². The lowest BCUT2D eigenvalue weighted by molar-refractivity contribution is 0.872. The number of rotatable bonds is 10. The highest BCUT2D eigenvalue weighted by Crippen LogP contribution is 2.42. The van der Waals surface area contributed by atoms with Crippen LogP contribution in [0.3, 0.4) is 0 Å². The quantitative estimate of drug-likeness (QED) is 0.0628. The number of para-hydroxylation sites is 2. The van der Waals surface area contributed by atoms with E-state index < -0.39 is 0 Å². The van der Waals surface area contributed by atoms with Crippen LogP contribution >= 0.6 is 0 Å². The van der Waals surface area contributed by atoms with Crippen molar-refractivity contribution in [2.24, 2.45) is 11.5 Å². The van der Waals surface area contributed by atoms with Crippen LogP contribution in [0.5, 0.6) is 0 Å². The lowest BCUT2D eigenvalue weighted by Gasteiger charge is -2.24. The van der Waals surface area contributed by atoms with E-state index in [1.165, 1.54) is 97.7 Å². The van der Waals surface area contributed by atoms with Gasteiger partial charge in [0.1, 0.15) is 0 Å². The lowest BCUT2D eigenvalue weighted by Crippen LogP contribution is -2.14. The monoisotopic (exact) mass is 848 g/mol. The summed E-state index contributed by atoms with van der Waals surface area (Å²) in [5, 5.41) is 24.8. The zero-order chi connectivity index (χ0) is 44.1. The highest BCUT2D eigenvalue weighted by atomic mass is 15.0. The van der Waals surface area contributed by atoms with Crippen molar-refractivity contribution in [3.05, 3.63) is 252 Å². The summed E-state index contributed by atoms with van der Waals surface area (Å²) in [6.07, 6.45) is 0. The number of hydrogen-bond acceptors (Lipinski definition) is 4. The summed E-state index contributed by atoms with van der Waals surface area (Å²) >= 11 is 0. The fourth-order valence-electron chi connectivity index (χ4n) is 10.7. The number of nitrogens with one attached hydrogen (secondary N) is 2. The van der Waals surface area contributed by atoms with E-state index in [0.717, 1.165) is 22.5 Å². The molecule has 0 saturated carbocycles. The third-order valence-corrected chi connectivity index (χ3v) is 13.8. The molecule has 0 amide bonds. The molecular formula is C62H48N4. The molecule has 0 radical (unpaired) electrons. The van der Waals surface area contributed by atoms with Crippen LogP contribution in [0.4, 0.5) is 11.4 Å². The lowest BCUT2D eigenvalue weighted by atomic mass is 9.82. The molecule has 66 heavy (non-hydrogen) atoms. The van der Waals surface area contributed by atoms with Crippen molar-refractivity contribution in [2.75, 3.05) is 17.3 Å². The van der Waals surface area contributed by atoms with E-state index in [1.807, 2.05) is 0 Å². The van der Waals surface area contributed by atoms with E-state index in [2.05, 4.69) is 229 Å². The van der Waals surface area contributed by atoms with Gasteiger partial charge in [0.05, 0.1) is 12.7 Å². The van der Waals surface area contributed by atoms with Crippen LogP contribution in [0.1, 0.15) is 45.3 Å². The van der Waals surface area contributed by atoms with E-state index in [-0.39, 0.29) is 12.0 Å². The zero-order valence-corrected chi connectivity index (χ0v) is 36.5. The van der Waals surface area contributed by atoms with Gasteiger partial charge in [0.15, 0.2) is 0 Å². The fraction of sp³-hybridized carbons (Fsp3) is 0.0645. The Labute approximate surface area is 384 Å². The van der Waals surface area contributed by atoms with E-state index >= 15 is 0 Å². The molecule has 12 aromatic rings. The molecule has 0 aromatic heterocycles. The molecule has 0 spiro atoms.